The summed E-state index contributed by atoms with van der Waals surface area (Å²) < 4.78 is 39.9. The number of halogens is 3. The van der Waals surface area contributed by atoms with E-state index >= 15 is 0 Å². The van der Waals surface area contributed by atoms with Gasteiger partial charge in [0.2, 0.25) is 0 Å². The van der Waals surface area contributed by atoms with Gasteiger partial charge in [0.25, 0.3) is 0 Å². The van der Waals surface area contributed by atoms with E-state index in [4.69, 9.17) is 11.5 Å². The van der Waals surface area contributed by atoms with Crippen molar-refractivity contribution in [3.63, 3.8) is 0 Å². The number of anilines is 1. The van der Waals surface area contributed by atoms with E-state index in [1.54, 1.807) is 12.1 Å². The quantitative estimate of drug-likeness (QED) is 0.897. The highest BCUT2D eigenvalue weighted by atomic mass is 19.1. The van der Waals surface area contributed by atoms with E-state index < -0.39 is 23.5 Å². The molecule has 0 spiro atoms. The standard InChI is InChI=1S/C13H12F3N3/c14-8-5-9(15)12(10(16)6-8)11(17)4-7-2-1-3-19-13(7)18/h1-3,5-6,11H,4,17H2,(H2,18,19). The summed E-state index contributed by atoms with van der Waals surface area (Å²) in [5, 5.41) is 0. The van der Waals surface area contributed by atoms with E-state index in [0.29, 0.717) is 17.7 Å². The Bertz CT molecular complexity index is 578. The molecule has 2 aromatic rings. The number of nitrogens with zero attached hydrogens (tertiary/aromatic N) is 1. The molecule has 0 saturated heterocycles. The zero-order valence-corrected chi connectivity index (χ0v) is 9.91. The highest BCUT2D eigenvalue weighted by molar-refractivity contribution is 5.40. The van der Waals surface area contributed by atoms with Gasteiger partial charge in [0, 0.05) is 29.9 Å². The van der Waals surface area contributed by atoms with Crippen LogP contribution in [0.15, 0.2) is 30.5 Å². The maximum atomic E-state index is 13.6. The average molecular weight is 267 g/mol. The molecule has 1 heterocycles. The number of nitrogen functional groups attached to an aromatic ring is 1. The fourth-order valence-electron chi connectivity index (χ4n) is 1.87. The Morgan fingerprint density at radius 3 is 2.37 bits per heavy atom. The third-order valence-electron chi connectivity index (χ3n) is 2.78. The van der Waals surface area contributed by atoms with Crippen LogP contribution in [0.4, 0.5) is 19.0 Å². The molecule has 1 atom stereocenters. The zero-order valence-electron chi connectivity index (χ0n) is 9.91. The second kappa shape index (κ2) is 5.27. The second-order valence-corrected chi connectivity index (χ2v) is 4.14. The molecule has 1 aromatic carbocycles. The summed E-state index contributed by atoms with van der Waals surface area (Å²) in [6.07, 6.45) is 1.61. The van der Waals surface area contributed by atoms with Gasteiger partial charge in [-0.2, -0.15) is 0 Å². The Balaban J connectivity index is 2.31. The topological polar surface area (TPSA) is 64.9 Å². The van der Waals surface area contributed by atoms with Gasteiger partial charge in [0.1, 0.15) is 23.3 Å². The van der Waals surface area contributed by atoms with Crippen molar-refractivity contribution in [1.82, 2.24) is 4.98 Å². The Hall–Kier alpha value is -2.08. The lowest BCUT2D eigenvalue weighted by molar-refractivity contribution is 0.501. The van der Waals surface area contributed by atoms with Gasteiger partial charge in [-0.1, -0.05) is 6.07 Å². The van der Waals surface area contributed by atoms with Gasteiger partial charge in [0.15, 0.2) is 0 Å². The van der Waals surface area contributed by atoms with Crippen molar-refractivity contribution in [2.75, 3.05) is 5.73 Å². The normalized spacial score (nSPS) is 12.4. The summed E-state index contributed by atoms with van der Waals surface area (Å²) in [7, 11) is 0. The maximum absolute atomic E-state index is 13.6. The molecule has 100 valence electrons. The number of nitrogens with two attached hydrogens (primary N) is 2. The van der Waals surface area contributed by atoms with Crippen LogP contribution in [0.1, 0.15) is 17.2 Å². The minimum atomic E-state index is -1.01. The van der Waals surface area contributed by atoms with Gasteiger partial charge in [0.05, 0.1) is 0 Å². The predicted molar refractivity (Wildman–Crippen MR) is 65.6 cm³/mol. The Labute approximate surface area is 108 Å². The largest absolute Gasteiger partial charge is 0.383 e. The smallest absolute Gasteiger partial charge is 0.133 e. The van der Waals surface area contributed by atoms with Gasteiger partial charge in [-0.3, -0.25) is 0 Å². The fourth-order valence-corrected chi connectivity index (χ4v) is 1.87. The lowest BCUT2D eigenvalue weighted by Gasteiger charge is -2.15. The molecule has 0 amide bonds. The van der Waals surface area contributed by atoms with Crippen LogP contribution in [0.25, 0.3) is 0 Å². The molecule has 1 aromatic heterocycles. The summed E-state index contributed by atoms with van der Waals surface area (Å²) >= 11 is 0. The van der Waals surface area contributed by atoms with Gasteiger partial charge >= 0.3 is 0 Å². The molecule has 0 bridgehead atoms. The molecule has 2 rings (SSSR count). The van der Waals surface area contributed by atoms with Crippen molar-refractivity contribution < 1.29 is 13.2 Å². The summed E-state index contributed by atoms with van der Waals surface area (Å²) in [6.45, 7) is 0. The first kappa shape index (κ1) is 13.4. The minimum Gasteiger partial charge on any atom is -0.383 e. The molecule has 1 unspecified atom stereocenters. The van der Waals surface area contributed by atoms with E-state index in [1.165, 1.54) is 6.20 Å². The van der Waals surface area contributed by atoms with Crippen molar-refractivity contribution in [3.05, 3.63) is 59.0 Å². The lowest BCUT2D eigenvalue weighted by Crippen LogP contribution is -2.18. The Kier molecular flexibility index (Phi) is 3.71. The minimum absolute atomic E-state index is 0.110. The van der Waals surface area contributed by atoms with E-state index in [0.717, 1.165) is 0 Å². The average Bonchev–Trinajstić information content (AvgIpc) is 2.30. The molecule has 0 aliphatic heterocycles. The molecule has 3 nitrogen and oxygen atoms in total. The monoisotopic (exact) mass is 267 g/mol. The molecule has 19 heavy (non-hydrogen) atoms. The molecule has 0 saturated carbocycles. The fraction of sp³-hybridized carbons (Fsp3) is 0.154. The molecule has 0 aliphatic carbocycles. The molecule has 4 N–H and O–H groups in total. The molecule has 6 heteroatoms. The van der Waals surface area contributed by atoms with Crippen LogP contribution in [0, 0.1) is 17.5 Å². The van der Waals surface area contributed by atoms with Crippen molar-refractivity contribution in [1.29, 1.82) is 0 Å². The van der Waals surface area contributed by atoms with Crippen LogP contribution in [0.3, 0.4) is 0 Å². The van der Waals surface area contributed by atoms with Gasteiger partial charge in [-0.15, -0.1) is 0 Å². The van der Waals surface area contributed by atoms with Crippen molar-refractivity contribution >= 4 is 5.82 Å². The Morgan fingerprint density at radius 1 is 1.16 bits per heavy atom. The van der Waals surface area contributed by atoms with Crippen molar-refractivity contribution in [2.24, 2.45) is 5.73 Å². The Morgan fingerprint density at radius 2 is 1.79 bits per heavy atom. The number of pyridine rings is 1. The van der Waals surface area contributed by atoms with Gasteiger partial charge in [-0.05, 0) is 18.1 Å². The SMILES string of the molecule is Nc1ncccc1CC(N)c1c(F)cc(F)cc1F. The summed E-state index contributed by atoms with van der Waals surface area (Å²) in [5.41, 5.74) is 11.6. The van der Waals surface area contributed by atoms with Crippen LogP contribution in [0.5, 0.6) is 0 Å². The molecular formula is C13H12F3N3. The zero-order chi connectivity index (χ0) is 14.0. The first-order chi connectivity index (χ1) is 8.99. The van der Waals surface area contributed by atoms with E-state index in [-0.39, 0.29) is 17.8 Å². The number of hydrogen-bond donors (Lipinski definition) is 2. The third kappa shape index (κ3) is 2.85. The lowest BCUT2D eigenvalue weighted by atomic mass is 9.99. The first-order valence-electron chi connectivity index (χ1n) is 5.58. The highest BCUT2D eigenvalue weighted by Crippen LogP contribution is 2.24. The van der Waals surface area contributed by atoms with Crippen molar-refractivity contribution in [3.8, 4) is 0 Å². The number of hydrogen-bond acceptors (Lipinski definition) is 3. The highest BCUT2D eigenvalue weighted by Gasteiger charge is 2.19. The predicted octanol–water partition coefficient (Wildman–Crippen LogP) is 2.32. The number of rotatable bonds is 3. The third-order valence-corrected chi connectivity index (χ3v) is 2.78. The molecular weight excluding hydrogens is 255 g/mol. The van der Waals surface area contributed by atoms with Crippen LogP contribution in [-0.2, 0) is 6.42 Å². The maximum Gasteiger partial charge on any atom is 0.133 e. The molecule has 0 radical (unpaired) electrons. The first-order valence-corrected chi connectivity index (χ1v) is 5.58. The van der Waals surface area contributed by atoms with E-state index in [2.05, 4.69) is 4.98 Å². The molecule has 0 aliphatic rings. The van der Waals surface area contributed by atoms with Crippen LogP contribution < -0.4 is 11.5 Å². The molecule has 0 fully saturated rings. The van der Waals surface area contributed by atoms with Crippen LogP contribution in [-0.4, -0.2) is 4.98 Å². The second-order valence-electron chi connectivity index (χ2n) is 4.14. The summed E-state index contributed by atoms with van der Waals surface area (Å²) in [5.74, 6) is -2.74. The number of benzene rings is 1. The van der Waals surface area contributed by atoms with Gasteiger partial charge < -0.3 is 11.5 Å². The van der Waals surface area contributed by atoms with Crippen molar-refractivity contribution in [2.45, 2.75) is 12.5 Å². The van der Waals surface area contributed by atoms with E-state index in [9.17, 15) is 13.2 Å². The summed E-state index contributed by atoms with van der Waals surface area (Å²) in [6, 6.07) is 3.56. The number of aromatic nitrogens is 1. The van der Waals surface area contributed by atoms with Crippen LogP contribution in [0.2, 0.25) is 0 Å². The van der Waals surface area contributed by atoms with Crippen LogP contribution >= 0.6 is 0 Å². The van der Waals surface area contributed by atoms with E-state index in [1.807, 2.05) is 0 Å². The van der Waals surface area contributed by atoms with Gasteiger partial charge in [-0.25, -0.2) is 18.2 Å². The summed E-state index contributed by atoms with van der Waals surface area (Å²) in [4.78, 5) is 3.86.